The number of ketones is 1. The van der Waals surface area contributed by atoms with Gasteiger partial charge in [0.25, 0.3) is 0 Å². The number of carbonyl (C=O) groups is 1. The monoisotopic (exact) mass is 278 g/mol. The first kappa shape index (κ1) is 17.2. The highest BCUT2D eigenvalue weighted by Gasteiger charge is 2.75. The summed E-state index contributed by atoms with van der Waals surface area (Å²) >= 11 is 0. The second kappa shape index (κ2) is 5.08. The van der Waals surface area contributed by atoms with Crippen LogP contribution >= 0.6 is 0 Å². The second-order valence-electron chi connectivity index (χ2n) is 3.80. The summed E-state index contributed by atoms with van der Waals surface area (Å²) in [5, 5.41) is 17.6. The van der Waals surface area contributed by atoms with Crippen LogP contribution in [0, 0.1) is 0 Å². The van der Waals surface area contributed by atoms with Crippen molar-refractivity contribution < 1.29 is 41.4 Å². The molecule has 3 nitrogen and oxygen atoms in total. The van der Waals surface area contributed by atoms with E-state index in [9.17, 15) is 31.1 Å². The number of hydrogen-bond acceptors (Lipinski definition) is 3. The van der Waals surface area contributed by atoms with E-state index in [2.05, 4.69) is 0 Å². The normalized spacial score (nSPS) is 17.4. The van der Waals surface area contributed by atoms with Crippen molar-refractivity contribution in [3.63, 3.8) is 0 Å². The minimum atomic E-state index is -6.29. The molecule has 0 aromatic heterocycles. The van der Waals surface area contributed by atoms with Crippen LogP contribution in [0.2, 0.25) is 5.82 Å². The number of aliphatic hydroxyl groups is 2. The molecule has 0 aliphatic carbocycles. The quantitative estimate of drug-likeness (QED) is 0.599. The fourth-order valence-corrected chi connectivity index (χ4v) is 1.14. The van der Waals surface area contributed by atoms with E-state index in [4.69, 9.17) is 18.1 Å². The Morgan fingerprint density at radius 2 is 1.50 bits per heavy atom. The van der Waals surface area contributed by atoms with Gasteiger partial charge in [0.2, 0.25) is 5.78 Å². The van der Waals surface area contributed by atoms with Crippen LogP contribution in [0.3, 0.4) is 0 Å². The number of Topliss-reactive ketones (excluding diaryl/α,β-unsaturated/α-hetero) is 1. The smallest absolute Gasteiger partial charge is 0.385 e. The summed E-state index contributed by atoms with van der Waals surface area (Å²) < 4.78 is 73.3. The second-order valence-corrected chi connectivity index (χ2v) is 3.80. The van der Waals surface area contributed by atoms with Crippen molar-refractivity contribution in [2.24, 2.45) is 0 Å². The third-order valence-corrected chi connectivity index (χ3v) is 2.07. The molecule has 0 aliphatic rings. The molecular formula is C8H9BF6O3. The van der Waals surface area contributed by atoms with Crippen molar-refractivity contribution in [1.82, 2.24) is 0 Å². The highest BCUT2D eigenvalue weighted by Crippen LogP contribution is 2.44. The molecule has 0 amide bonds. The van der Waals surface area contributed by atoms with Crippen LogP contribution in [0.15, 0.2) is 0 Å². The van der Waals surface area contributed by atoms with Gasteiger partial charge in [0.15, 0.2) is 0 Å². The Bertz CT molecular complexity index is 297. The van der Waals surface area contributed by atoms with Gasteiger partial charge in [-0.2, -0.15) is 26.3 Å². The molecule has 0 aromatic rings. The standard InChI is InChI=1S/C8H9BF6O3/c1-3(9)2-4(16)5(17)6(18,7(10,11)12)8(13,14)15/h3-4,16,18H,2H2,1H3/t3?,4-/m0/s1. The maximum absolute atomic E-state index is 12.2. The van der Waals surface area contributed by atoms with E-state index in [0.717, 1.165) is 6.92 Å². The minimum absolute atomic E-state index is 0.840. The van der Waals surface area contributed by atoms with Crippen LogP contribution in [-0.4, -0.2) is 47.9 Å². The van der Waals surface area contributed by atoms with Crippen LogP contribution in [0.5, 0.6) is 0 Å². The van der Waals surface area contributed by atoms with Crippen molar-refractivity contribution in [2.45, 2.75) is 43.2 Å². The predicted octanol–water partition coefficient (Wildman–Crippen LogP) is 1.14. The molecule has 0 heterocycles. The SMILES string of the molecule is [B]C(C)C[C@H](O)C(=O)C(O)(C(F)(F)F)C(F)(F)F. The molecule has 104 valence electrons. The highest BCUT2D eigenvalue weighted by atomic mass is 19.4. The van der Waals surface area contributed by atoms with E-state index in [-0.39, 0.29) is 0 Å². The molecule has 0 rings (SSSR count). The molecule has 0 aromatic carbocycles. The molecule has 2 N–H and O–H groups in total. The molecule has 18 heavy (non-hydrogen) atoms. The first-order valence-corrected chi connectivity index (χ1v) is 4.59. The number of aliphatic hydroxyl groups excluding tert-OH is 1. The van der Waals surface area contributed by atoms with Gasteiger partial charge in [0.1, 0.15) is 6.10 Å². The molecule has 1 unspecified atom stereocenters. The molecule has 0 saturated carbocycles. The van der Waals surface area contributed by atoms with Crippen molar-refractivity contribution in [2.75, 3.05) is 0 Å². The first-order chi connectivity index (χ1) is 7.75. The predicted molar refractivity (Wildman–Crippen MR) is 47.9 cm³/mol. The van der Waals surface area contributed by atoms with Gasteiger partial charge in [-0.1, -0.05) is 12.7 Å². The van der Waals surface area contributed by atoms with Gasteiger partial charge in [-0.3, -0.25) is 4.79 Å². The Morgan fingerprint density at radius 1 is 1.17 bits per heavy atom. The van der Waals surface area contributed by atoms with E-state index in [0.29, 0.717) is 0 Å². The molecule has 0 spiro atoms. The fraction of sp³-hybridized carbons (Fsp3) is 0.875. The van der Waals surface area contributed by atoms with Crippen LogP contribution in [0.1, 0.15) is 13.3 Å². The number of carbonyl (C=O) groups excluding carboxylic acids is 1. The lowest BCUT2D eigenvalue weighted by atomic mass is 9.81. The molecule has 10 heteroatoms. The zero-order valence-electron chi connectivity index (χ0n) is 9.01. The van der Waals surface area contributed by atoms with E-state index < -0.39 is 42.1 Å². The summed E-state index contributed by atoms with van der Waals surface area (Å²) in [5.74, 6) is -3.81. The van der Waals surface area contributed by atoms with Gasteiger partial charge < -0.3 is 10.2 Å². The van der Waals surface area contributed by atoms with E-state index in [1.807, 2.05) is 0 Å². The number of rotatable bonds is 4. The fourth-order valence-electron chi connectivity index (χ4n) is 1.14. The molecule has 0 bridgehead atoms. The molecule has 0 aliphatic heterocycles. The van der Waals surface area contributed by atoms with Crippen molar-refractivity contribution in [1.29, 1.82) is 0 Å². The Hall–Kier alpha value is -0.765. The summed E-state index contributed by atoms with van der Waals surface area (Å²) in [6.45, 7) is 1.16. The molecule has 0 saturated heterocycles. The van der Waals surface area contributed by atoms with Gasteiger partial charge >= 0.3 is 18.0 Å². The summed E-state index contributed by atoms with van der Waals surface area (Å²) in [4.78, 5) is 11.0. The molecule has 2 atom stereocenters. The van der Waals surface area contributed by atoms with Crippen LogP contribution < -0.4 is 0 Å². The largest absolute Gasteiger partial charge is 0.433 e. The zero-order chi connectivity index (χ0) is 14.9. The van der Waals surface area contributed by atoms with Gasteiger partial charge in [0, 0.05) is 0 Å². The van der Waals surface area contributed by atoms with Crippen LogP contribution in [0.4, 0.5) is 26.3 Å². The van der Waals surface area contributed by atoms with Gasteiger partial charge in [-0.25, -0.2) is 0 Å². The van der Waals surface area contributed by atoms with Gasteiger partial charge in [-0.15, -0.1) is 0 Å². The average Bonchev–Trinajstić information content (AvgIpc) is 2.10. The maximum atomic E-state index is 12.2. The summed E-state index contributed by atoms with van der Waals surface area (Å²) in [6.07, 6.45) is -16.1. The minimum Gasteiger partial charge on any atom is -0.385 e. The maximum Gasteiger partial charge on any atom is 0.433 e. The highest BCUT2D eigenvalue weighted by molar-refractivity contribution is 6.11. The third-order valence-electron chi connectivity index (χ3n) is 2.07. The summed E-state index contributed by atoms with van der Waals surface area (Å²) in [7, 11) is 5.04. The van der Waals surface area contributed by atoms with Crippen LogP contribution in [-0.2, 0) is 4.79 Å². The van der Waals surface area contributed by atoms with Gasteiger partial charge in [0.05, 0.1) is 7.85 Å². The lowest BCUT2D eigenvalue weighted by molar-refractivity contribution is -0.351. The number of alkyl halides is 6. The first-order valence-electron chi connectivity index (χ1n) is 4.59. The Labute approximate surface area is 99.2 Å². The lowest BCUT2D eigenvalue weighted by Gasteiger charge is -2.32. The topological polar surface area (TPSA) is 57.5 Å². The Balaban J connectivity index is 5.45. The summed E-state index contributed by atoms with van der Waals surface area (Å²) in [6, 6.07) is 0. The van der Waals surface area contributed by atoms with E-state index >= 15 is 0 Å². The molecule has 0 fully saturated rings. The summed E-state index contributed by atoms with van der Waals surface area (Å²) in [5.41, 5.74) is -5.60. The van der Waals surface area contributed by atoms with Crippen LogP contribution in [0.25, 0.3) is 0 Å². The Kier molecular flexibility index (Phi) is 4.86. The number of halogens is 6. The zero-order valence-corrected chi connectivity index (χ0v) is 9.01. The van der Waals surface area contributed by atoms with Crippen molar-refractivity contribution in [3.8, 4) is 0 Å². The van der Waals surface area contributed by atoms with Crippen molar-refractivity contribution >= 4 is 13.6 Å². The molecular weight excluding hydrogens is 269 g/mol. The van der Waals surface area contributed by atoms with E-state index in [1.54, 1.807) is 0 Å². The van der Waals surface area contributed by atoms with Gasteiger partial charge in [-0.05, 0) is 6.42 Å². The number of hydrogen-bond donors (Lipinski definition) is 2. The Morgan fingerprint density at radius 3 is 1.72 bits per heavy atom. The van der Waals surface area contributed by atoms with E-state index in [1.165, 1.54) is 0 Å². The third kappa shape index (κ3) is 3.16. The lowest BCUT2D eigenvalue weighted by Crippen LogP contribution is -2.65. The van der Waals surface area contributed by atoms with Crippen molar-refractivity contribution in [3.05, 3.63) is 0 Å². The molecule has 2 radical (unpaired) electrons. The average molecular weight is 278 g/mol.